The fraction of sp³-hybridized carbons (Fsp3) is 0.333. The van der Waals surface area contributed by atoms with Gasteiger partial charge in [-0.15, -0.1) is 11.3 Å². The van der Waals surface area contributed by atoms with Gasteiger partial charge in [0.1, 0.15) is 11.0 Å². The fourth-order valence-corrected chi connectivity index (χ4v) is 1.89. The quantitative estimate of drug-likeness (QED) is 0.565. The molecule has 62 valence electrons. The van der Waals surface area contributed by atoms with Crippen molar-refractivity contribution in [3.63, 3.8) is 0 Å². The van der Waals surface area contributed by atoms with Crippen LogP contribution in [0.2, 0.25) is 0 Å². The van der Waals surface area contributed by atoms with Gasteiger partial charge in [0.2, 0.25) is 0 Å². The molecule has 12 heavy (non-hydrogen) atoms. The first-order valence-corrected chi connectivity index (χ1v) is 4.73. The van der Waals surface area contributed by atoms with Crippen LogP contribution in [-0.4, -0.2) is 11.9 Å². The molecule has 0 aliphatic carbocycles. The molecule has 1 aliphatic heterocycles. The molecule has 0 aromatic carbocycles. The first-order valence-electron chi connectivity index (χ1n) is 3.85. The normalized spacial score (nSPS) is 18.8. The number of hydrogen-bond acceptors (Lipinski definition) is 3. The Bertz CT molecular complexity index is 426. The highest BCUT2D eigenvalue weighted by atomic mass is 32.1. The van der Waals surface area contributed by atoms with Gasteiger partial charge in [-0.1, -0.05) is 0 Å². The van der Waals surface area contributed by atoms with Crippen LogP contribution >= 0.6 is 11.3 Å². The molecule has 0 fully saturated rings. The van der Waals surface area contributed by atoms with Crippen LogP contribution < -0.4 is 9.89 Å². The zero-order chi connectivity index (χ0) is 8.60. The molecule has 1 aromatic rings. The average Bonchev–Trinajstić information content (AvgIpc) is 2.31. The summed E-state index contributed by atoms with van der Waals surface area (Å²) in [5.74, 6) is 0. The summed E-state index contributed by atoms with van der Waals surface area (Å²) < 4.78 is 1.06. The summed E-state index contributed by atoms with van der Waals surface area (Å²) in [6.07, 6.45) is 3.80. The van der Waals surface area contributed by atoms with Crippen LogP contribution in [0, 0.1) is 0 Å². The van der Waals surface area contributed by atoms with E-state index in [9.17, 15) is 0 Å². The molecule has 3 heteroatoms. The Balaban J connectivity index is 2.75. The minimum Gasteiger partial charge on any atom is -0.263 e. The lowest BCUT2D eigenvalue weighted by Crippen LogP contribution is -2.22. The Hall–Kier alpha value is -0.960. The largest absolute Gasteiger partial charge is 0.263 e. The third kappa shape index (κ3) is 1.32. The topological polar surface area (TPSA) is 24.7 Å². The summed E-state index contributed by atoms with van der Waals surface area (Å²) in [6, 6.07) is 2.08. The molecule has 0 spiro atoms. The van der Waals surface area contributed by atoms with Crippen molar-refractivity contribution in [1.29, 1.82) is 0 Å². The number of thiophene rings is 1. The molecule has 0 radical (unpaired) electrons. The van der Waals surface area contributed by atoms with Gasteiger partial charge < -0.3 is 0 Å². The predicted octanol–water partition coefficient (Wildman–Crippen LogP) is 0.969. The second-order valence-electron chi connectivity index (χ2n) is 3.35. The van der Waals surface area contributed by atoms with Crippen molar-refractivity contribution in [3.8, 4) is 0 Å². The van der Waals surface area contributed by atoms with Gasteiger partial charge in [-0.05, 0) is 31.4 Å². The Labute approximate surface area is 75.0 Å². The molecule has 2 heterocycles. The Morgan fingerprint density at radius 3 is 3.08 bits per heavy atom. The number of fused-ring (bicyclic) bond motifs is 1. The smallest absolute Gasteiger partial charge is 0.124 e. The zero-order valence-corrected chi connectivity index (χ0v) is 7.93. The lowest BCUT2D eigenvalue weighted by molar-refractivity contribution is 0.700. The number of nitrogens with zero attached hydrogens (tertiary/aromatic N) is 2. The van der Waals surface area contributed by atoms with Crippen LogP contribution in [0.3, 0.4) is 0 Å². The van der Waals surface area contributed by atoms with E-state index in [4.69, 9.17) is 0 Å². The molecule has 1 aliphatic rings. The standard InChI is InChI=1S/C9H10N2S/c1-9(2)5-7-3-4-12-8(7)10-6-11-9/h3-6H,1-2H3. The number of rotatable bonds is 0. The Kier molecular flexibility index (Phi) is 1.61. The van der Waals surface area contributed by atoms with Gasteiger partial charge in [0.15, 0.2) is 0 Å². The molecule has 0 bridgehead atoms. The Morgan fingerprint density at radius 1 is 1.42 bits per heavy atom. The lowest BCUT2D eigenvalue weighted by Gasteiger charge is -2.11. The minimum absolute atomic E-state index is 0.115. The van der Waals surface area contributed by atoms with Gasteiger partial charge in [-0.25, -0.2) is 4.99 Å². The van der Waals surface area contributed by atoms with Crippen molar-refractivity contribution in [2.75, 3.05) is 0 Å². The minimum atomic E-state index is -0.115. The number of aliphatic imine (C=N–C) groups is 1. The molecule has 0 N–H and O–H groups in total. The van der Waals surface area contributed by atoms with E-state index in [-0.39, 0.29) is 5.54 Å². The monoisotopic (exact) mass is 178 g/mol. The molecular formula is C9H10N2S. The highest BCUT2D eigenvalue weighted by Gasteiger charge is 2.12. The molecule has 0 amide bonds. The highest BCUT2D eigenvalue weighted by molar-refractivity contribution is 7.07. The SMILES string of the molecule is CC1(C)C=c2ccsc2=NC=N1. The molecule has 1 aromatic heterocycles. The predicted molar refractivity (Wildman–Crippen MR) is 52.1 cm³/mol. The summed E-state index contributed by atoms with van der Waals surface area (Å²) >= 11 is 1.65. The molecule has 0 unspecified atom stereocenters. The summed E-state index contributed by atoms with van der Waals surface area (Å²) in [5.41, 5.74) is -0.115. The van der Waals surface area contributed by atoms with E-state index in [0.29, 0.717) is 0 Å². The van der Waals surface area contributed by atoms with E-state index in [1.165, 1.54) is 5.22 Å². The second-order valence-corrected chi connectivity index (χ2v) is 4.25. The van der Waals surface area contributed by atoms with E-state index in [1.54, 1.807) is 17.7 Å². The Morgan fingerprint density at radius 2 is 2.25 bits per heavy atom. The molecule has 0 saturated heterocycles. The van der Waals surface area contributed by atoms with Gasteiger partial charge in [0.25, 0.3) is 0 Å². The molecule has 2 nitrogen and oxygen atoms in total. The van der Waals surface area contributed by atoms with Crippen LogP contribution in [0.15, 0.2) is 21.4 Å². The second kappa shape index (κ2) is 2.52. The first-order chi connectivity index (χ1) is 5.67. The third-order valence-corrected chi connectivity index (χ3v) is 2.58. The van der Waals surface area contributed by atoms with Gasteiger partial charge in [-0.2, -0.15) is 0 Å². The summed E-state index contributed by atoms with van der Waals surface area (Å²) in [4.78, 5) is 8.54. The van der Waals surface area contributed by atoms with Crippen molar-refractivity contribution in [3.05, 3.63) is 21.3 Å². The van der Waals surface area contributed by atoms with E-state index in [1.807, 2.05) is 0 Å². The zero-order valence-electron chi connectivity index (χ0n) is 7.11. The van der Waals surface area contributed by atoms with Crippen LogP contribution in [0.4, 0.5) is 0 Å². The van der Waals surface area contributed by atoms with Crippen LogP contribution in [-0.2, 0) is 0 Å². The molecule has 2 rings (SSSR count). The fourth-order valence-electron chi connectivity index (χ4n) is 1.17. The first kappa shape index (κ1) is 7.68. The maximum Gasteiger partial charge on any atom is 0.124 e. The average molecular weight is 178 g/mol. The summed E-state index contributed by atoms with van der Waals surface area (Å²) in [5, 5.41) is 3.25. The highest BCUT2D eigenvalue weighted by Crippen LogP contribution is 2.10. The summed E-state index contributed by atoms with van der Waals surface area (Å²) in [6.45, 7) is 4.15. The maximum atomic E-state index is 4.30. The molecule has 0 saturated carbocycles. The van der Waals surface area contributed by atoms with Crippen LogP contribution in [0.1, 0.15) is 13.8 Å². The third-order valence-electron chi connectivity index (χ3n) is 1.75. The molecular weight excluding hydrogens is 168 g/mol. The lowest BCUT2D eigenvalue weighted by atomic mass is 10.1. The van der Waals surface area contributed by atoms with E-state index < -0.39 is 0 Å². The van der Waals surface area contributed by atoms with E-state index in [2.05, 4.69) is 41.4 Å². The van der Waals surface area contributed by atoms with Crippen molar-refractivity contribution in [2.24, 2.45) is 9.98 Å². The summed E-state index contributed by atoms with van der Waals surface area (Å²) in [7, 11) is 0. The van der Waals surface area contributed by atoms with Crippen molar-refractivity contribution in [1.82, 2.24) is 0 Å². The van der Waals surface area contributed by atoms with Gasteiger partial charge in [-0.3, -0.25) is 4.99 Å². The van der Waals surface area contributed by atoms with Crippen molar-refractivity contribution in [2.45, 2.75) is 19.4 Å². The molecule has 0 atom stereocenters. The maximum absolute atomic E-state index is 4.30. The van der Waals surface area contributed by atoms with Crippen LogP contribution in [0.25, 0.3) is 6.08 Å². The van der Waals surface area contributed by atoms with Gasteiger partial charge in [0, 0.05) is 5.22 Å². The van der Waals surface area contributed by atoms with E-state index in [0.717, 1.165) is 4.67 Å². The van der Waals surface area contributed by atoms with Gasteiger partial charge in [0.05, 0.1) is 5.54 Å². The van der Waals surface area contributed by atoms with Crippen LogP contribution in [0.5, 0.6) is 0 Å². The van der Waals surface area contributed by atoms with Gasteiger partial charge >= 0.3 is 0 Å². The van der Waals surface area contributed by atoms with Crippen molar-refractivity contribution < 1.29 is 0 Å². The van der Waals surface area contributed by atoms with Crippen molar-refractivity contribution >= 4 is 23.8 Å². The van der Waals surface area contributed by atoms with E-state index >= 15 is 0 Å². The number of hydrogen-bond donors (Lipinski definition) is 0.